The maximum atomic E-state index is 12.7. The zero-order valence-corrected chi connectivity index (χ0v) is 25.8. The molecule has 0 aliphatic heterocycles. The third kappa shape index (κ3) is 9.51. The third-order valence-electron chi connectivity index (χ3n) is 5.25. The van der Waals surface area contributed by atoms with Crippen LogP contribution in [0.5, 0.6) is 17.6 Å². The van der Waals surface area contributed by atoms with Crippen molar-refractivity contribution in [3.63, 3.8) is 0 Å². The smallest absolute Gasteiger partial charge is 0.316 e. The number of anilines is 1. The number of halogens is 1. The van der Waals surface area contributed by atoms with Crippen LogP contribution < -0.4 is 23.7 Å². The first-order valence-corrected chi connectivity index (χ1v) is 15.5. The summed E-state index contributed by atoms with van der Waals surface area (Å²) in [4.78, 5) is 17.3. The predicted octanol–water partition coefficient (Wildman–Crippen LogP) is 5.26. The summed E-state index contributed by atoms with van der Waals surface area (Å²) in [5.41, 5.74) is 1.04. The predicted molar refractivity (Wildman–Crippen MR) is 162 cm³/mol. The molecule has 5 aromatic rings. The van der Waals surface area contributed by atoms with E-state index in [4.69, 9.17) is 18.6 Å². The lowest BCUT2D eigenvalue weighted by Gasteiger charge is -2.16. The Kier molecular flexibility index (Phi) is 11.2. The van der Waals surface area contributed by atoms with Crippen LogP contribution in [0.3, 0.4) is 0 Å². The molecule has 1 aromatic carbocycles. The molecule has 4 heterocycles. The van der Waals surface area contributed by atoms with Gasteiger partial charge in [-0.2, -0.15) is 23.1 Å². The Morgan fingerprint density at radius 3 is 2.36 bits per heavy atom. The fraction of sp³-hybridized carbons (Fsp3) is 0.185. The van der Waals surface area contributed by atoms with Crippen LogP contribution in [0, 0.1) is 6.92 Å². The molecule has 0 aliphatic carbocycles. The number of furan rings is 1. The monoisotopic (exact) mass is 674 g/mol. The van der Waals surface area contributed by atoms with Crippen LogP contribution in [0.15, 0.2) is 87.8 Å². The summed E-state index contributed by atoms with van der Waals surface area (Å²) in [5, 5.41) is 1.88. The molecule has 15 heteroatoms. The van der Waals surface area contributed by atoms with Gasteiger partial charge in [-0.15, -0.1) is 11.3 Å². The number of nitrogens with zero attached hydrogens (tertiary/aromatic N) is 4. The average Bonchev–Trinajstić information content (AvgIpc) is 3.70. The highest BCUT2D eigenvalue weighted by Crippen LogP contribution is 2.35. The van der Waals surface area contributed by atoms with Crippen molar-refractivity contribution >= 4 is 43.3 Å². The van der Waals surface area contributed by atoms with Crippen molar-refractivity contribution in [3.05, 3.63) is 94.0 Å². The number of hydrogen-bond donors (Lipinski definition) is 2. The molecule has 0 fully saturated rings. The third-order valence-corrected chi connectivity index (χ3v) is 7.64. The molecule has 0 saturated heterocycles. The second-order valence-corrected chi connectivity index (χ2v) is 11.7. The van der Waals surface area contributed by atoms with E-state index < -0.39 is 10.2 Å². The summed E-state index contributed by atoms with van der Waals surface area (Å²) < 4.78 is 52.5. The average molecular weight is 676 g/mol. The van der Waals surface area contributed by atoms with Crippen molar-refractivity contribution < 1.29 is 27.0 Å². The van der Waals surface area contributed by atoms with E-state index in [0.717, 1.165) is 15.1 Å². The number of thiophene rings is 1. The van der Waals surface area contributed by atoms with Gasteiger partial charge in [0.1, 0.15) is 25.3 Å². The Morgan fingerprint density at radius 2 is 1.74 bits per heavy atom. The largest absolute Gasteiger partial charge is 0.494 e. The minimum absolute atomic E-state index is 0.0698. The molecule has 0 aliphatic rings. The summed E-state index contributed by atoms with van der Waals surface area (Å²) in [6, 6.07) is 14.9. The van der Waals surface area contributed by atoms with E-state index in [1.807, 2.05) is 48.7 Å². The molecule has 220 valence electrons. The highest BCUT2D eigenvalue weighted by atomic mass is 79.9. The Bertz CT molecular complexity index is 1620. The van der Waals surface area contributed by atoms with Crippen LogP contribution in [0.1, 0.15) is 10.6 Å². The highest BCUT2D eigenvalue weighted by molar-refractivity contribution is 9.10. The van der Waals surface area contributed by atoms with E-state index in [1.165, 1.54) is 37.2 Å². The molecule has 0 unspecified atom stereocenters. The standard InChI is InChI=1S/C22H21BrN6O5S2.C5H6O/c1-32-17-11-24-22(25-12-17)34-9-8-33-21-19(15-4-6-16(23)7-5-15)20(26-14-27-21)29-36(30,31)28-13-18-3-2-10-35-18;1-5-3-2-4-6-5/h2-7,10-12,14,28H,8-9,13H2,1H3,(H,26,27,29);2-4H,1H3. The number of methoxy groups -OCH3 is 1. The van der Waals surface area contributed by atoms with Crippen molar-refractivity contribution in [3.8, 4) is 28.8 Å². The van der Waals surface area contributed by atoms with Crippen LogP contribution in [0.2, 0.25) is 0 Å². The van der Waals surface area contributed by atoms with Gasteiger partial charge in [-0.3, -0.25) is 4.72 Å². The Hall–Kier alpha value is -4.05. The van der Waals surface area contributed by atoms with Crippen LogP contribution >= 0.6 is 27.3 Å². The quantitative estimate of drug-likeness (QED) is 0.168. The lowest BCUT2D eigenvalue weighted by molar-refractivity contribution is 0.201. The number of benzene rings is 1. The first-order chi connectivity index (χ1) is 20.3. The van der Waals surface area contributed by atoms with Gasteiger partial charge in [0.2, 0.25) is 5.88 Å². The summed E-state index contributed by atoms with van der Waals surface area (Å²) in [7, 11) is -2.41. The van der Waals surface area contributed by atoms with E-state index in [2.05, 4.69) is 45.3 Å². The topological polar surface area (TPSA) is 151 Å². The minimum atomic E-state index is -3.93. The van der Waals surface area contributed by atoms with E-state index in [1.54, 1.807) is 18.4 Å². The van der Waals surface area contributed by atoms with Crippen molar-refractivity contribution in [2.45, 2.75) is 13.5 Å². The van der Waals surface area contributed by atoms with Crippen LogP contribution in [-0.4, -0.2) is 48.7 Å². The number of hydrogen-bond acceptors (Lipinski definition) is 11. The van der Waals surface area contributed by atoms with E-state index in [-0.39, 0.29) is 37.5 Å². The molecule has 0 bridgehead atoms. The van der Waals surface area contributed by atoms with Gasteiger partial charge in [0, 0.05) is 15.9 Å². The van der Waals surface area contributed by atoms with Crippen LogP contribution in [0.25, 0.3) is 11.1 Å². The first-order valence-electron chi connectivity index (χ1n) is 12.4. The number of aryl methyl sites for hydroxylation is 1. The molecular formula is C27H27BrN6O6S2. The van der Waals surface area contributed by atoms with E-state index in [0.29, 0.717) is 16.9 Å². The molecule has 42 heavy (non-hydrogen) atoms. The molecule has 4 aromatic heterocycles. The zero-order chi connectivity index (χ0) is 29.8. The van der Waals surface area contributed by atoms with Gasteiger partial charge in [0.25, 0.3) is 0 Å². The molecule has 0 atom stereocenters. The molecule has 0 saturated carbocycles. The van der Waals surface area contributed by atoms with Gasteiger partial charge in [-0.25, -0.2) is 9.97 Å². The number of nitrogens with one attached hydrogen (secondary N) is 2. The summed E-state index contributed by atoms with van der Waals surface area (Å²) in [6.45, 7) is 2.29. The zero-order valence-electron chi connectivity index (χ0n) is 22.6. The maximum Gasteiger partial charge on any atom is 0.316 e. The fourth-order valence-electron chi connectivity index (χ4n) is 3.29. The van der Waals surface area contributed by atoms with Gasteiger partial charge in [0.05, 0.1) is 31.3 Å². The Balaban J connectivity index is 0.000000600. The molecule has 5 rings (SSSR count). The van der Waals surface area contributed by atoms with Crippen molar-refractivity contribution in [1.29, 1.82) is 0 Å². The van der Waals surface area contributed by atoms with Crippen molar-refractivity contribution in [2.75, 3.05) is 25.0 Å². The molecule has 0 amide bonds. The lowest BCUT2D eigenvalue weighted by atomic mass is 10.1. The SMILES string of the molecule is COc1cnc(OCCOc2ncnc(NS(=O)(=O)NCc3cccs3)c2-c2ccc(Br)cc2)nc1.Cc1ccco1. The first kappa shape index (κ1) is 30.9. The summed E-state index contributed by atoms with van der Waals surface area (Å²) in [5.74, 6) is 1.73. The molecule has 0 radical (unpaired) electrons. The van der Waals surface area contributed by atoms with Crippen LogP contribution in [0.4, 0.5) is 5.82 Å². The second kappa shape index (κ2) is 15.3. The molecule has 0 spiro atoms. The van der Waals surface area contributed by atoms with Crippen molar-refractivity contribution in [2.24, 2.45) is 0 Å². The number of aromatic nitrogens is 4. The minimum Gasteiger partial charge on any atom is -0.494 e. The van der Waals surface area contributed by atoms with Gasteiger partial charge >= 0.3 is 16.2 Å². The van der Waals surface area contributed by atoms with Crippen LogP contribution in [-0.2, 0) is 16.8 Å². The second-order valence-electron chi connectivity index (χ2n) is 8.24. The molecule has 2 N–H and O–H groups in total. The van der Waals surface area contributed by atoms with Gasteiger partial charge in [-0.1, -0.05) is 34.1 Å². The number of ether oxygens (including phenoxy) is 3. The van der Waals surface area contributed by atoms with Gasteiger partial charge in [-0.05, 0) is 48.2 Å². The van der Waals surface area contributed by atoms with E-state index >= 15 is 0 Å². The normalized spacial score (nSPS) is 10.8. The van der Waals surface area contributed by atoms with Gasteiger partial charge < -0.3 is 18.6 Å². The fourth-order valence-corrected chi connectivity index (χ4v) is 5.12. The Labute approximate surface area is 255 Å². The summed E-state index contributed by atoms with van der Waals surface area (Å²) >= 11 is 4.86. The Morgan fingerprint density at radius 1 is 0.976 bits per heavy atom. The summed E-state index contributed by atoms with van der Waals surface area (Å²) in [6.07, 6.45) is 5.87. The molecule has 12 nitrogen and oxygen atoms in total. The number of rotatable bonds is 12. The van der Waals surface area contributed by atoms with E-state index in [9.17, 15) is 8.42 Å². The maximum absolute atomic E-state index is 12.7. The van der Waals surface area contributed by atoms with Gasteiger partial charge in [0.15, 0.2) is 11.6 Å². The molecular weight excluding hydrogens is 648 g/mol. The highest BCUT2D eigenvalue weighted by Gasteiger charge is 2.20. The van der Waals surface area contributed by atoms with Crippen molar-refractivity contribution in [1.82, 2.24) is 24.7 Å². The lowest BCUT2D eigenvalue weighted by Crippen LogP contribution is -2.30.